The van der Waals surface area contributed by atoms with Crippen molar-refractivity contribution in [1.29, 1.82) is 0 Å². The molecule has 1 saturated carbocycles. The van der Waals surface area contributed by atoms with Crippen LogP contribution in [0.2, 0.25) is 0 Å². The first-order valence-electron chi connectivity index (χ1n) is 6.14. The maximum atomic E-state index is 10.8. The van der Waals surface area contributed by atoms with E-state index in [0.717, 1.165) is 32.1 Å². The Kier molecular flexibility index (Phi) is 4.98. The zero-order valence-electron chi connectivity index (χ0n) is 11.2. The average Bonchev–Trinajstić information content (AvgIpc) is 2.03. The molecule has 0 radical (unpaired) electrons. The fraction of sp³-hybridized carbons (Fsp3) is 1.00. The number of hydrogen-bond acceptors (Lipinski definition) is 4. The predicted octanol–water partition coefficient (Wildman–Crippen LogP) is 2.19. The Morgan fingerprint density at radius 1 is 1.18 bits per heavy atom. The van der Waals surface area contributed by atoms with Crippen LogP contribution in [-0.2, 0) is 19.0 Å². The summed E-state index contributed by atoms with van der Waals surface area (Å²) in [7, 11) is -3.27. The third kappa shape index (κ3) is 7.01. The number of hydrogen-bond donors (Lipinski definition) is 0. The Hall–Kier alpha value is -0.130. The summed E-state index contributed by atoms with van der Waals surface area (Å²) < 4.78 is 32.0. The van der Waals surface area contributed by atoms with Gasteiger partial charge in [0.2, 0.25) is 0 Å². The van der Waals surface area contributed by atoms with Crippen molar-refractivity contribution in [2.24, 2.45) is 11.8 Å². The maximum absolute atomic E-state index is 10.8. The first-order chi connectivity index (χ1) is 7.66. The van der Waals surface area contributed by atoms with Gasteiger partial charge in [0, 0.05) is 6.61 Å². The normalized spacial score (nSPS) is 25.6. The molecule has 0 heterocycles. The van der Waals surface area contributed by atoms with Crippen LogP contribution in [0, 0.1) is 11.8 Å². The largest absolute Gasteiger partial charge is 0.376 e. The minimum Gasteiger partial charge on any atom is -0.376 e. The van der Waals surface area contributed by atoms with Crippen molar-refractivity contribution in [3.63, 3.8) is 0 Å². The molecule has 0 unspecified atom stereocenters. The molecule has 0 saturated heterocycles. The highest BCUT2D eigenvalue weighted by molar-refractivity contribution is 7.85. The van der Waals surface area contributed by atoms with Gasteiger partial charge in [0.05, 0.1) is 18.5 Å². The SMILES string of the molecule is CC(C)(C)OCCC1CC(COS(C)(=O)=O)C1. The number of ether oxygens (including phenoxy) is 1. The Labute approximate surface area is 105 Å². The lowest BCUT2D eigenvalue weighted by atomic mass is 9.74. The van der Waals surface area contributed by atoms with Crippen molar-refractivity contribution in [3.05, 3.63) is 0 Å². The van der Waals surface area contributed by atoms with Crippen LogP contribution in [0.5, 0.6) is 0 Å². The molecule has 1 aliphatic rings. The summed E-state index contributed by atoms with van der Waals surface area (Å²) in [5.74, 6) is 1.08. The zero-order chi connectivity index (χ0) is 13.1. The van der Waals surface area contributed by atoms with E-state index < -0.39 is 10.1 Å². The summed E-state index contributed by atoms with van der Waals surface area (Å²) in [6.45, 7) is 7.28. The van der Waals surface area contributed by atoms with Crippen molar-refractivity contribution in [2.75, 3.05) is 19.5 Å². The lowest BCUT2D eigenvalue weighted by molar-refractivity contribution is -0.0195. The molecule has 17 heavy (non-hydrogen) atoms. The highest BCUT2D eigenvalue weighted by atomic mass is 32.2. The van der Waals surface area contributed by atoms with Crippen molar-refractivity contribution in [2.45, 2.75) is 45.6 Å². The fourth-order valence-corrected chi connectivity index (χ4v) is 2.44. The minimum atomic E-state index is -3.27. The van der Waals surface area contributed by atoms with Crippen molar-refractivity contribution in [1.82, 2.24) is 0 Å². The van der Waals surface area contributed by atoms with E-state index >= 15 is 0 Å². The van der Waals surface area contributed by atoms with Gasteiger partial charge in [0.15, 0.2) is 0 Å². The van der Waals surface area contributed by atoms with Gasteiger partial charge in [-0.15, -0.1) is 0 Å². The van der Waals surface area contributed by atoms with Gasteiger partial charge >= 0.3 is 0 Å². The van der Waals surface area contributed by atoms with Crippen LogP contribution in [0.15, 0.2) is 0 Å². The van der Waals surface area contributed by atoms with Crippen LogP contribution in [-0.4, -0.2) is 33.5 Å². The van der Waals surface area contributed by atoms with Crippen molar-refractivity contribution in [3.8, 4) is 0 Å². The molecule has 1 rings (SSSR count). The molecule has 0 aromatic heterocycles. The fourth-order valence-electron chi connectivity index (χ4n) is 2.00. The molecule has 0 aromatic rings. The van der Waals surface area contributed by atoms with E-state index in [1.54, 1.807) is 0 Å². The van der Waals surface area contributed by atoms with Gasteiger partial charge in [-0.05, 0) is 51.9 Å². The molecule has 0 amide bonds. The first kappa shape index (κ1) is 14.9. The monoisotopic (exact) mass is 264 g/mol. The van der Waals surface area contributed by atoms with Gasteiger partial charge in [-0.25, -0.2) is 0 Å². The second kappa shape index (κ2) is 5.67. The Morgan fingerprint density at radius 3 is 2.24 bits per heavy atom. The molecule has 0 aromatic carbocycles. The van der Waals surface area contributed by atoms with Gasteiger partial charge < -0.3 is 4.74 Å². The van der Waals surface area contributed by atoms with Gasteiger partial charge in [-0.2, -0.15) is 8.42 Å². The minimum absolute atomic E-state index is 0.0669. The molecule has 5 heteroatoms. The molecule has 4 nitrogen and oxygen atoms in total. The van der Waals surface area contributed by atoms with E-state index in [2.05, 4.69) is 20.8 Å². The van der Waals surface area contributed by atoms with Crippen molar-refractivity contribution >= 4 is 10.1 Å². The molecule has 0 N–H and O–H groups in total. The summed E-state index contributed by atoms with van der Waals surface area (Å²) in [4.78, 5) is 0. The molecular weight excluding hydrogens is 240 g/mol. The topological polar surface area (TPSA) is 52.6 Å². The van der Waals surface area contributed by atoms with E-state index in [1.807, 2.05) is 0 Å². The number of rotatable bonds is 6. The summed E-state index contributed by atoms with van der Waals surface area (Å²) >= 11 is 0. The second-order valence-electron chi connectivity index (χ2n) is 5.94. The Bertz CT molecular complexity index is 323. The smallest absolute Gasteiger partial charge is 0.264 e. The summed E-state index contributed by atoms with van der Waals surface area (Å²) in [6.07, 6.45) is 4.28. The first-order valence-corrected chi connectivity index (χ1v) is 7.96. The van der Waals surface area contributed by atoms with Crippen LogP contribution in [0.3, 0.4) is 0 Å². The van der Waals surface area contributed by atoms with Gasteiger partial charge in [0.25, 0.3) is 10.1 Å². The van der Waals surface area contributed by atoms with E-state index in [0.29, 0.717) is 18.4 Å². The lowest BCUT2D eigenvalue weighted by Crippen LogP contribution is -2.30. The van der Waals surface area contributed by atoms with Gasteiger partial charge in [-0.1, -0.05) is 0 Å². The van der Waals surface area contributed by atoms with Crippen LogP contribution in [0.1, 0.15) is 40.0 Å². The molecule has 0 aliphatic heterocycles. The van der Waals surface area contributed by atoms with E-state index in [4.69, 9.17) is 8.92 Å². The van der Waals surface area contributed by atoms with Gasteiger partial charge in [0.1, 0.15) is 0 Å². The van der Waals surface area contributed by atoms with Crippen molar-refractivity contribution < 1.29 is 17.3 Å². The third-order valence-electron chi connectivity index (χ3n) is 2.91. The van der Waals surface area contributed by atoms with Crippen LogP contribution in [0.25, 0.3) is 0 Å². The molecule has 0 spiro atoms. The third-order valence-corrected chi connectivity index (χ3v) is 3.48. The summed E-state index contributed by atoms with van der Waals surface area (Å²) in [5, 5.41) is 0. The average molecular weight is 264 g/mol. The van der Waals surface area contributed by atoms with E-state index in [-0.39, 0.29) is 5.60 Å². The molecule has 0 bridgehead atoms. The van der Waals surface area contributed by atoms with E-state index in [1.165, 1.54) is 0 Å². The lowest BCUT2D eigenvalue weighted by Gasteiger charge is -2.35. The molecule has 0 atom stereocenters. The summed E-state index contributed by atoms with van der Waals surface area (Å²) in [5.41, 5.74) is -0.0669. The maximum Gasteiger partial charge on any atom is 0.264 e. The summed E-state index contributed by atoms with van der Waals surface area (Å²) in [6, 6.07) is 0. The van der Waals surface area contributed by atoms with Gasteiger partial charge in [-0.3, -0.25) is 4.18 Å². The Morgan fingerprint density at radius 2 is 1.76 bits per heavy atom. The highest BCUT2D eigenvalue weighted by Gasteiger charge is 2.30. The van der Waals surface area contributed by atoms with Crippen LogP contribution in [0.4, 0.5) is 0 Å². The second-order valence-corrected chi connectivity index (χ2v) is 7.59. The molecular formula is C12H24O4S. The molecule has 1 fully saturated rings. The van der Waals surface area contributed by atoms with Crippen LogP contribution >= 0.6 is 0 Å². The Balaban J connectivity index is 2.04. The highest BCUT2D eigenvalue weighted by Crippen LogP contribution is 2.36. The standard InChI is InChI=1S/C12H24O4S/c1-12(2,3)15-6-5-10-7-11(8-10)9-16-17(4,13)14/h10-11H,5-9H2,1-4H3. The predicted molar refractivity (Wildman–Crippen MR) is 67.3 cm³/mol. The van der Waals surface area contributed by atoms with Crippen LogP contribution < -0.4 is 0 Å². The quantitative estimate of drug-likeness (QED) is 0.690. The van der Waals surface area contributed by atoms with E-state index in [9.17, 15) is 8.42 Å². The molecule has 1 aliphatic carbocycles. The zero-order valence-corrected chi connectivity index (χ0v) is 12.0. The molecule has 102 valence electrons.